The molecule has 0 amide bonds. The minimum Gasteiger partial charge on any atom is -0.481 e. The first-order chi connectivity index (χ1) is 13.5. The van der Waals surface area contributed by atoms with E-state index in [-0.39, 0.29) is 5.41 Å². The van der Waals surface area contributed by atoms with Crippen LogP contribution in [0.15, 0.2) is 30.3 Å². The highest BCUT2D eigenvalue weighted by Gasteiger charge is 2.51. The van der Waals surface area contributed by atoms with Crippen LogP contribution in [0, 0.1) is 17.3 Å². The molecule has 1 spiro atoms. The summed E-state index contributed by atoms with van der Waals surface area (Å²) in [7, 11) is 0. The van der Waals surface area contributed by atoms with Crippen LogP contribution in [-0.4, -0.2) is 35.1 Å². The summed E-state index contributed by atoms with van der Waals surface area (Å²) in [6.07, 6.45) is 13.4. The van der Waals surface area contributed by atoms with Crippen molar-refractivity contribution in [2.24, 2.45) is 17.3 Å². The van der Waals surface area contributed by atoms with E-state index in [4.69, 9.17) is 0 Å². The smallest absolute Gasteiger partial charge is 0.309 e. The van der Waals surface area contributed by atoms with E-state index in [0.29, 0.717) is 17.9 Å². The Morgan fingerprint density at radius 1 is 1.21 bits per heavy atom. The minimum absolute atomic E-state index is 0.182. The van der Waals surface area contributed by atoms with Gasteiger partial charge in [0.1, 0.15) is 0 Å². The van der Waals surface area contributed by atoms with E-state index in [1.807, 2.05) is 0 Å². The Morgan fingerprint density at radius 3 is 2.75 bits per heavy atom. The number of fused-ring (bicyclic) bond motifs is 2. The normalized spacial score (nSPS) is 37.9. The number of benzene rings is 1. The van der Waals surface area contributed by atoms with E-state index in [0.717, 1.165) is 45.2 Å². The summed E-state index contributed by atoms with van der Waals surface area (Å²) in [5, 5.41) is 10.0. The van der Waals surface area contributed by atoms with Gasteiger partial charge in [-0.25, -0.2) is 0 Å². The van der Waals surface area contributed by atoms with Gasteiger partial charge in [0, 0.05) is 18.0 Å². The maximum absolute atomic E-state index is 12.2. The standard InChI is InChI=1S/C25H33NO2/c1-18-17-26(14-13-25(18)12-9-20-7-2-3-8-22(20)25)21-10-11-24(16-21,23(27)28)15-19-5-4-6-19/h2-3,7-9,12,18-19,21H,4-6,10-11,13-17H2,1H3,(H,27,28)/t18-,21?,24?,25-/m0/s1. The topological polar surface area (TPSA) is 40.5 Å². The first kappa shape index (κ1) is 18.4. The monoisotopic (exact) mass is 379 g/mol. The van der Waals surface area contributed by atoms with Gasteiger partial charge < -0.3 is 5.11 Å². The quantitative estimate of drug-likeness (QED) is 0.790. The summed E-state index contributed by atoms with van der Waals surface area (Å²) in [5.74, 6) is 0.696. The molecule has 1 N–H and O–H groups in total. The van der Waals surface area contributed by atoms with E-state index in [9.17, 15) is 9.90 Å². The summed E-state index contributed by atoms with van der Waals surface area (Å²) < 4.78 is 0. The molecule has 4 atom stereocenters. The van der Waals surface area contributed by atoms with Gasteiger partial charge in [-0.15, -0.1) is 0 Å². The number of hydrogen-bond acceptors (Lipinski definition) is 2. The molecule has 1 aliphatic heterocycles. The van der Waals surface area contributed by atoms with Gasteiger partial charge in [0.05, 0.1) is 5.41 Å². The number of aliphatic carboxylic acids is 1. The van der Waals surface area contributed by atoms with Crippen LogP contribution in [0.3, 0.4) is 0 Å². The van der Waals surface area contributed by atoms with Crippen molar-refractivity contribution in [2.45, 2.75) is 69.7 Å². The van der Waals surface area contributed by atoms with Gasteiger partial charge in [-0.3, -0.25) is 9.69 Å². The summed E-state index contributed by atoms with van der Waals surface area (Å²) in [4.78, 5) is 14.8. The number of likely N-dealkylation sites (tertiary alicyclic amines) is 1. The molecule has 0 bridgehead atoms. The van der Waals surface area contributed by atoms with Crippen molar-refractivity contribution in [3.63, 3.8) is 0 Å². The van der Waals surface area contributed by atoms with E-state index in [1.165, 1.54) is 30.4 Å². The molecule has 3 heteroatoms. The average molecular weight is 380 g/mol. The largest absolute Gasteiger partial charge is 0.481 e. The van der Waals surface area contributed by atoms with Crippen molar-refractivity contribution < 1.29 is 9.90 Å². The van der Waals surface area contributed by atoms with Gasteiger partial charge in [-0.2, -0.15) is 0 Å². The van der Waals surface area contributed by atoms with Crippen molar-refractivity contribution in [3.05, 3.63) is 41.5 Å². The summed E-state index contributed by atoms with van der Waals surface area (Å²) in [6, 6.07) is 9.31. The van der Waals surface area contributed by atoms with Crippen LogP contribution in [-0.2, 0) is 10.2 Å². The molecule has 2 saturated carbocycles. The number of rotatable bonds is 4. The maximum Gasteiger partial charge on any atom is 0.309 e. The first-order valence-electron chi connectivity index (χ1n) is 11.3. The number of allylic oxidation sites excluding steroid dienone is 1. The Labute approximate surface area is 168 Å². The fraction of sp³-hybridized carbons (Fsp3) is 0.640. The summed E-state index contributed by atoms with van der Waals surface area (Å²) >= 11 is 0. The van der Waals surface area contributed by atoms with Crippen molar-refractivity contribution in [1.82, 2.24) is 4.90 Å². The second-order valence-electron chi connectivity index (χ2n) is 10.1. The van der Waals surface area contributed by atoms with Crippen LogP contribution in [0.5, 0.6) is 0 Å². The van der Waals surface area contributed by atoms with E-state index in [2.05, 4.69) is 48.2 Å². The second kappa shape index (κ2) is 6.73. The number of nitrogens with zero attached hydrogens (tertiary/aromatic N) is 1. The summed E-state index contributed by atoms with van der Waals surface area (Å²) in [6.45, 7) is 4.57. The number of hydrogen-bond donors (Lipinski definition) is 1. The van der Waals surface area contributed by atoms with Gasteiger partial charge in [-0.05, 0) is 61.6 Å². The Kier molecular flexibility index (Phi) is 4.42. The van der Waals surface area contributed by atoms with E-state index < -0.39 is 11.4 Å². The van der Waals surface area contributed by atoms with Crippen LogP contribution in [0.25, 0.3) is 6.08 Å². The van der Waals surface area contributed by atoms with Crippen molar-refractivity contribution in [2.75, 3.05) is 13.1 Å². The molecule has 3 aliphatic carbocycles. The molecular weight excluding hydrogens is 346 g/mol. The van der Waals surface area contributed by atoms with Crippen LogP contribution in [0.2, 0.25) is 0 Å². The molecule has 3 fully saturated rings. The lowest BCUT2D eigenvalue weighted by atomic mass is 9.67. The molecular formula is C25H33NO2. The Morgan fingerprint density at radius 2 is 2.04 bits per heavy atom. The lowest BCUT2D eigenvalue weighted by Gasteiger charge is -2.46. The van der Waals surface area contributed by atoms with Gasteiger partial charge in [0.15, 0.2) is 0 Å². The molecule has 3 nitrogen and oxygen atoms in total. The highest BCUT2D eigenvalue weighted by Crippen LogP contribution is 2.51. The highest BCUT2D eigenvalue weighted by molar-refractivity contribution is 5.75. The molecule has 1 aromatic carbocycles. The van der Waals surface area contributed by atoms with E-state index in [1.54, 1.807) is 0 Å². The zero-order valence-corrected chi connectivity index (χ0v) is 17.1. The number of carboxylic acid groups (broad SMARTS) is 1. The Balaban J connectivity index is 1.29. The molecule has 0 radical (unpaired) electrons. The second-order valence-corrected chi connectivity index (χ2v) is 10.1. The fourth-order valence-corrected chi connectivity index (χ4v) is 6.68. The van der Waals surface area contributed by atoms with Crippen LogP contribution < -0.4 is 0 Å². The number of carboxylic acids is 1. The fourth-order valence-electron chi connectivity index (χ4n) is 6.68. The zero-order valence-electron chi connectivity index (χ0n) is 17.1. The molecule has 1 saturated heterocycles. The van der Waals surface area contributed by atoms with Gasteiger partial charge in [0.2, 0.25) is 0 Å². The molecule has 1 aromatic rings. The van der Waals surface area contributed by atoms with Gasteiger partial charge in [0.25, 0.3) is 0 Å². The lowest BCUT2D eigenvalue weighted by molar-refractivity contribution is -0.150. The Bertz CT molecular complexity index is 797. The zero-order chi connectivity index (χ0) is 19.4. The first-order valence-corrected chi connectivity index (χ1v) is 11.3. The summed E-state index contributed by atoms with van der Waals surface area (Å²) in [5.41, 5.74) is 2.61. The predicted octanol–water partition coefficient (Wildman–Crippen LogP) is 5.11. The molecule has 4 aliphatic rings. The molecule has 28 heavy (non-hydrogen) atoms. The molecule has 5 rings (SSSR count). The van der Waals surface area contributed by atoms with Crippen LogP contribution in [0.1, 0.15) is 69.4 Å². The highest BCUT2D eigenvalue weighted by atomic mass is 16.4. The third kappa shape index (κ3) is 2.77. The molecule has 1 heterocycles. The predicted molar refractivity (Wildman–Crippen MR) is 112 cm³/mol. The minimum atomic E-state index is -0.531. The van der Waals surface area contributed by atoms with Crippen LogP contribution >= 0.6 is 0 Å². The average Bonchev–Trinajstić information content (AvgIpc) is 3.25. The third-order valence-electron chi connectivity index (χ3n) is 8.68. The third-order valence-corrected chi connectivity index (χ3v) is 8.68. The lowest BCUT2D eigenvalue weighted by Crippen LogP contribution is -2.50. The van der Waals surface area contributed by atoms with Gasteiger partial charge in [-0.1, -0.05) is 62.6 Å². The van der Waals surface area contributed by atoms with E-state index >= 15 is 0 Å². The molecule has 2 unspecified atom stereocenters. The SMILES string of the molecule is C[C@H]1CN(C2CCC(CC3CCC3)(C(=O)O)C2)CC[C@@]12C=Cc1ccccc12. The molecule has 0 aromatic heterocycles. The Hall–Kier alpha value is -1.61. The van der Waals surface area contributed by atoms with Crippen LogP contribution in [0.4, 0.5) is 0 Å². The van der Waals surface area contributed by atoms with Crippen molar-refractivity contribution >= 4 is 12.0 Å². The maximum atomic E-state index is 12.2. The number of carbonyl (C=O) groups is 1. The van der Waals surface area contributed by atoms with Gasteiger partial charge >= 0.3 is 5.97 Å². The van der Waals surface area contributed by atoms with Crippen molar-refractivity contribution in [1.29, 1.82) is 0 Å². The molecule has 150 valence electrons. The number of piperidine rings is 1. The van der Waals surface area contributed by atoms with Crippen molar-refractivity contribution in [3.8, 4) is 0 Å².